The molecule has 0 radical (unpaired) electrons. The zero-order chi connectivity index (χ0) is 16.4. The Kier molecular flexibility index (Phi) is 4.27. The molecule has 4 heterocycles. The van der Waals surface area contributed by atoms with Crippen LogP contribution in [0.2, 0.25) is 0 Å². The minimum atomic E-state index is 0.246. The topological polar surface area (TPSA) is 73.1 Å². The minimum Gasteiger partial charge on any atom is -0.376 e. The van der Waals surface area contributed by atoms with Crippen molar-refractivity contribution in [3.63, 3.8) is 0 Å². The van der Waals surface area contributed by atoms with Gasteiger partial charge in [-0.15, -0.1) is 11.3 Å². The number of nitrogens with one attached hydrogen (secondary N) is 1. The van der Waals surface area contributed by atoms with E-state index in [0.29, 0.717) is 11.7 Å². The molecule has 7 heteroatoms. The monoisotopic (exact) mass is 342 g/mol. The highest BCUT2D eigenvalue weighted by atomic mass is 32.1. The van der Waals surface area contributed by atoms with Gasteiger partial charge in [0.1, 0.15) is 0 Å². The second kappa shape index (κ2) is 6.70. The number of anilines is 1. The fraction of sp³-hybridized carbons (Fsp3) is 0.353. The lowest BCUT2D eigenvalue weighted by molar-refractivity contribution is 0.120. The predicted molar refractivity (Wildman–Crippen MR) is 93.0 cm³/mol. The molecule has 0 aromatic carbocycles. The minimum absolute atomic E-state index is 0.246. The molecule has 1 fully saturated rings. The molecule has 1 aliphatic rings. The first-order valence-electron chi connectivity index (χ1n) is 7.99. The first-order chi connectivity index (χ1) is 11.8. The highest BCUT2D eigenvalue weighted by Crippen LogP contribution is 2.33. The number of rotatable bonds is 5. The van der Waals surface area contributed by atoms with Crippen LogP contribution in [0.3, 0.4) is 0 Å². The molecule has 0 unspecified atom stereocenters. The number of hydrogen-bond acceptors (Lipinski definition) is 7. The molecule has 0 saturated carbocycles. The summed E-state index contributed by atoms with van der Waals surface area (Å²) in [7, 11) is 0. The Morgan fingerprint density at radius 2 is 2.38 bits per heavy atom. The van der Waals surface area contributed by atoms with E-state index in [1.54, 1.807) is 17.5 Å². The van der Waals surface area contributed by atoms with E-state index >= 15 is 0 Å². The number of ether oxygens (including phenoxy) is 1. The van der Waals surface area contributed by atoms with Gasteiger partial charge in [-0.1, -0.05) is 11.2 Å². The second-order valence-electron chi connectivity index (χ2n) is 5.78. The van der Waals surface area contributed by atoms with Crippen LogP contribution in [-0.4, -0.2) is 34.4 Å². The normalized spacial score (nSPS) is 17.3. The smallest absolute Gasteiger partial charge is 0.223 e. The van der Waals surface area contributed by atoms with Crippen molar-refractivity contribution in [2.75, 3.05) is 18.5 Å². The van der Waals surface area contributed by atoms with Gasteiger partial charge in [0, 0.05) is 25.4 Å². The summed E-state index contributed by atoms with van der Waals surface area (Å²) in [6, 6.07) is 5.95. The Balaban J connectivity index is 1.64. The third-order valence-electron chi connectivity index (χ3n) is 3.95. The summed E-state index contributed by atoms with van der Waals surface area (Å²) in [6.45, 7) is 3.47. The van der Waals surface area contributed by atoms with Crippen LogP contribution < -0.4 is 5.32 Å². The fourth-order valence-corrected chi connectivity index (χ4v) is 3.48. The number of nitrogens with zero attached hydrogens (tertiary/aromatic N) is 3. The van der Waals surface area contributed by atoms with Gasteiger partial charge in [0.25, 0.3) is 0 Å². The van der Waals surface area contributed by atoms with Crippen molar-refractivity contribution in [3.8, 4) is 21.9 Å². The van der Waals surface area contributed by atoms with Crippen molar-refractivity contribution in [2.24, 2.45) is 0 Å². The molecule has 1 N–H and O–H groups in total. The molecule has 124 valence electrons. The maximum absolute atomic E-state index is 5.63. The van der Waals surface area contributed by atoms with E-state index in [1.165, 1.54) is 0 Å². The molecular weight excluding hydrogens is 324 g/mol. The van der Waals surface area contributed by atoms with Gasteiger partial charge in [-0.05, 0) is 31.2 Å². The maximum atomic E-state index is 5.63. The van der Waals surface area contributed by atoms with E-state index in [9.17, 15) is 0 Å². The zero-order valence-electron chi connectivity index (χ0n) is 13.4. The van der Waals surface area contributed by atoms with Gasteiger partial charge in [-0.3, -0.25) is 0 Å². The van der Waals surface area contributed by atoms with Gasteiger partial charge in [-0.25, -0.2) is 9.97 Å². The Morgan fingerprint density at radius 3 is 3.08 bits per heavy atom. The van der Waals surface area contributed by atoms with Gasteiger partial charge >= 0.3 is 0 Å². The van der Waals surface area contributed by atoms with Gasteiger partial charge in [0.2, 0.25) is 5.95 Å². The number of aryl methyl sites for hydroxylation is 1. The summed E-state index contributed by atoms with van der Waals surface area (Å²) in [5.41, 5.74) is 2.54. The highest BCUT2D eigenvalue weighted by Gasteiger charge is 2.18. The third kappa shape index (κ3) is 3.18. The molecule has 4 rings (SSSR count). The number of aromatic nitrogens is 3. The summed E-state index contributed by atoms with van der Waals surface area (Å²) < 4.78 is 11.0. The van der Waals surface area contributed by atoms with Crippen molar-refractivity contribution in [3.05, 3.63) is 35.5 Å². The molecule has 1 aliphatic heterocycles. The molecule has 0 aliphatic carbocycles. The van der Waals surface area contributed by atoms with Crippen molar-refractivity contribution >= 4 is 17.3 Å². The lowest BCUT2D eigenvalue weighted by Crippen LogP contribution is -2.19. The number of thiophene rings is 1. The van der Waals surface area contributed by atoms with Gasteiger partial charge in [0.05, 0.1) is 27.9 Å². The number of hydrogen-bond donors (Lipinski definition) is 1. The first kappa shape index (κ1) is 15.3. The van der Waals surface area contributed by atoms with E-state index in [4.69, 9.17) is 14.2 Å². The lowest BCUT2D eigenvalue weighted by Gasteiger charge is -2.12. The molecule has 6 nitrogen and oxygen atoms in total. The molecule has 1 atom stereocenters. The zero-order valence-corrected chi connectivity index (χ0v) is 14.2. The summed E-state index contributed by atoms with van der Waals surface area (Å²) in [4.78, 5) is 10.2. The van der Waals surface area contributed by atoms with Crippen LogP contribution in [0.15, 0.2) is 34.3 Å². The Hall–Kier alpha value is -2.25. The fourth-order valence-electron chi connectivity index (χ4n) is 2.75. The molecular formula is C17H18N4O2S. The van der Waals surface area contributed by atoms with E-state index < -0.39 is 0 Å². The van der Waals surface area contributed by atoms with E-state index in [2.05, 4.69) is 15.5 Å². The van der Waals surface area contributed by atoms with Gasteiger partial charge < -0.3 is 14.6 Å². The highest BCUT2D eigenvalue weighted by molar-refractivity contribution is 7.13. The molecule has 24 heavy (non-hydrogen) atoms. The third-order valence-corrected chi connectivity index (χ3v) is 4.83. The molecule has 0 spiro atoms. The Bertz CT molecular complexity index is 810. The second-order valence-corrected chi connectivity index (χ2v) is 6.73. The van der Waals surface area contributed by atoms with Crippen molar-refractivity contribution in [2.45, 2.75) is 25.9 Å². The summed E-state index contributed by atoms with van der Waals surface area (Å²) in [6.07, 6.45) is 4.24. The van der Waals surface area contributed by atoms with Crippen LogP contribution in [0.1, 0.15) is 18.5 Å². The quantitative estimate of drug-likeness (QED) is 0.761. The Morgan fingerprint density at radius 1 is 1.42 bits per heavy atom. The summed E-state index contributed by atoms with van der Waals surface area (Å²) >= 11 is 1.64. The van der Waals surface area contributed by atoms with E-state index in [1.807, 2.05) is 30.5 Å². The maximum Gasteiger partial charge on any atom is 0.223 e. The SMILES string of the molecule is Cc1cc(-c2cnc(NC[C@@H]3CCCO3)nc2-c2cccs2)on1. The van der Waals surface area contributed by atoms with E-state index in [-0.39, 0.29) is 6.10 Å². The van der Waals surface area contributed by atoms with Crippen LogP contribution >= 0.6 is 11.3 Å². The van der Waals surface area contributed by atoms with Crippen LogP contribution in [0, 0.1) is 6.92 Å². The molecule has 3 aromatic rings. The largest absolute Gasteiger partial charge is 0.376 e. The summed E-state index contributed by atoms with van der Waals surface area (Å²) in [5.74, 6) is 1.29. The van der Waals surface area contributed by atoms with Crippen LogP contribution in [0.4, 0.5) is 5.95 Å². The van der Waals surface area contributed by atoms with Crippen LogP contribution in [0.25, 0.3) is 21.9 Å². The first-order valence-corrected chi connectivity index (χ1v) is 8.87. The molecule has 1 saturated heterocycles. The van der Waals surface area contributed by atoms with E-state index in [0.717, 1.165) is 47.8 Å². The average Bonchev–Trinajstić information content (AvgIpc) is 3.35. The Labute approximate surface area is 143 Å². The van der Waals surface area contributed by atoms with Crippen molar-refractivity contribution in [1.82, 2.24) is 15.1 Å². The standard InChI is InChI=1S/C17H18N4O2S/c1-11-8-14(23-21-11)13-10-19-17(18-9-12-4-2-6-22-12)20-16(13)15-5-3-7-24-15/h3,5,7-8,10,12H,2,4,6,9H2,1H3,(H,18,19,20)/t12-/m0/s1. The lowest BCUT2D eigenvalue weighted by atomic mass is 10.1. The van der Waals surface area contributed by atoms with Crippen LogP contribution in [-0.2, 0) is 4.74 Å². The summed E-state index contributed by atoms with van der Waals surface area (Å²) in [5, 5.41) is 9.29. The molecule has 0 bridgehead atoms. The van der Waals surface area contributed by atoms with Crippen molar-refractivity contribution < 1.29 is 9.26 Å². The predicted octanol–water partition coefficient (Wildman–Crippen LogP) is 3.76. The van der Waals surface area contributed by atoms with Gasteiger partial charge in [-0.2, -0.15) is 0 Å². The molecule has 0 amide bonds. The van der Waals surface area contributed by atoms with Gasteiger partial charge in [0.15, 0.2) is 5.76 Å². The van der Waals surface area contributed by atoms with Crippen molar-refractivity contribution in [1.29, 1.82) is 0 Å². The average molecular weight is 342 g/mol. The molecule has 3 aromatic heterocycles. The van der Waals surface area contributed by atoms with Crippen LogP contribution in [0.5, 0.6) is 0 Å².